The lowest BCUT2D eigenvalue weighted by molar-refractivity contribution is -0.386. The predicted molar refractivity (Wildman–Crippen MR) is 94.3 cm³/mol. The van der Waals surface area contributed by atoms with E-state index in [2.05, 4.69) is 4.74 Å². The lowest BCUT2D eigenvalue weighted by Gasteiger charge is -1.99. The second kappa shape index (κ2) is 11.1. The molecule has 0 saturated heterocycles. The maximum atomic E-state index is 12.7. The zero-order valence-electron chi connectivity index (χ0n) is 18.0. The molecule has 8 nitrogen and oxygen atoms in total. The van der Waals surface area contributed by atoms with Crippen LogP contribution in [0.2, 0.25) is 0 Å². The highest BCUT2D eigenvalue weighted by Gasteiger charge is 2.14. The monoisotopic (exact) mass is 476 g/mol. The number of rotatable bonds is 3. The Morgan fingerprint density at radius 3 is 2.00 bits per heavy atom. The van der Waals surface area contributed by atoms with E-state index in [1.807, 2.05) is 0 Å². The Kier molecular flexibility index (Phi) is 6.06. The molecule has 11 heteroatoms. The van der Waals surface area contributed by atoms with Crippen molar-refractivity contribution in [3.05, 3.63) is 68.3 Å². The number of hydrogen-bond donors (Lipinski definition) is 1. The normalized spacial score (nSPS) is 13.6. The Bertz CT molecular complexity index is 923. The number of phenols is 1. The van der Waals surface area contributed by atoms with E-state index in [1.165, 1.54) is 22.6 Å². The molecule has 0 radical (unpaired) electrons. The van der Waals surface area contributed by atoms with Crippen molar-refractivity contribution in [3.8, 4) is 11.5 Å². The molecule has 1 N–H and O–H groups in total. The predicted octanol–water partition coefficient (Wildman–Crippen LogP) is 4.23. The van der Waals surface area contributed by atoms with Crippen molar-refractivity contribution in [1.82, 2.24) is 0 Å². The molecule has 0 unspecified atom stereocenters. The summed E-state index contributed by atoms with van der Waals surface area (Å²) in [6.45, 7) is 0. The summed E-state index contributed by atoms with van der Waals surface area (Å²) in [7, 11) is -2.85. The standard InChI is InChI=1S/C7H6FNO3.C6H4FNO3.CH3I/c1-12-7-4-5(8)2-3-6(7)9(10)11;7-4-1-2-5(8(10)11)6(9)3-4;1-2/h2-4H,1H3;1-3,9H;1H3/i1D3;;1D3. The molecule has 0 saturated carbocycles. The van der Waals surface area contributed by atoms with Crippen LogP contribution in [-0.2, 0) is 0 Å². The van der Waals surface area contributed by atoms with E-state index in [4.69, 9.17) is 13.3 Å². The zero-order valence-corrected chi connectivity index (χ0v) is 14.1. The molecule has 0 aliphatic carbocycles. The van der Waals surface area contributed by atoms with Crippen molar-refractivity contribution < 1.29 is 36.7 Å². The van der Waals surface area contributed by atoms with E-state index in [0.717, 1.165) is 24.3 Å². The van der Waals surface area contributed by atoms with Gasteiger partial charge in [-0.3, -0.25) is 20.2 Å². The number of aromatic hydroxyl groups is 1. The molecule has 0 atom stereocenters. The molecule has 0 fully saturated rings. The summed E-state index contributed by atoms with van der Waals surface area (Å²) < 4.78 is 68.2. The number of nitro groups is 2. The van der Waals surface area contributed by atoms with Gasteiger partial charge in [-0.2, -0.15) is 0 Å². The van der Waals surface area contributed by atoms with Crippen LogP contribution < -0.4 is 4.74 Å². The summed E-state index contributed by atoms with van der Waals surface area (Å²) in [5, 5.41) is 29.3. The van der Waals surface area contributed by atoms with E-state index in [-0.39, 0.29) is 0 Å². The molecule has 0 bridgehead atoms. The van der Waals surface area contributed by atoms with Gasteiger partial charge in [-0.05, 0) is 17.0 Å². The number of nitro benzene ring substituents is 2. The summed E-state index contributed by atoms with van der Waals surface area (Å²) in [5.41, 5.74) is -1.08. The van der Waals surface area contributed by atoms with Crippen LogP contribution in [-0.4, -0.2) is 26.8 Å². The first-order valence-electron chi connectivity index (χ1n) is 8.85. The van der Waals surface area contributed by atoms with Crippen molar-refractivity contribution in [1.29, 1.82) is 0 Å². The molecule has 0 aromatic heterocycles. The Labute approximate surface area is 162 Å². The average Bonchev–Trinajstić information content (AvgIpc) is 2.51. The molecule has 0 heterocycles. The number of hydrogen-bond acceptors (Lipinski definition) is 6. The lowest BCUT2D eigenvalue weighted by Crippen LogP contribution is -1.93. The molecule has 0 spiro atoms. The Morgan fingerprint density at radius 2 is 1.56 bits per heavy atom. The van der Waals surface area contributed by atoms with Gasteiger partial charge in [0.05, 0.1) is 21.0 Å². The third-order valence-electron chi connectivity index (χ3n) is 2.36. The fourth-order valence-electron chi connectivity index (χ4n) is 1.37. The first-order chi connectivity index (χ1) is 13.9. The number of nitrogens with zero attached hydrogens (tertiary/aromatic N) is 2. The summed E-state index contributed by atoms with van der Waals surface area (Å²) in [5.74, 6) is -2.78. The highest BCUT2D eigenvalue weighted by Crippen LogP contribution is 2.26. The van der Waals surface area contributed by atoms with Gasteiger partial charge in [0, 0.05) is 28.4 Å². The van der Waals surface area contributed by atoms with Crippen LogP contribution in [0.15, 0.2) is 36.4 Å². The first-order valence-corrected chi connectivity index (χ1v) is 6.93. The van der Waals surface area contributed by atoms with Gasteiger partial charge < -0.3 is 9.84 Å². The number of methoxy groups -OCH3 is 1. The van der Waals surface area contributed by atoms with Gasteiger partial charge in [0.15, 0.2) is 11.5 Å². The SMILES string of the molecule is O=[N+]([O-])c1ccc(F)cc1O.[2H]C([2H])([2H])I.[2H]C([2H])([2H])Oc1cc(F)ccc1[N+](=O)[O-]. The molecule has 0 aliphatic heterocycles. The highest BCUT2D eigenvalue weighted by molar-refractivity contribution is 14.1. The van der Waals surface area contributed by atoms with E-state index >= 15 is 0 Å². The van der Waals surface area contributed by atoms with Crippen LogP contribution in [0.3, 0.4) is 0 Å². The van der Waals surface area contributed by atoms with Crippen LogP contribution in [0.4, 0.5) is 20.2 Å². The summed E-state index contributed by atoms with van der Waals surface area (Å²) in [6, 6.07) is 4.87. The zero-order chi connectivity index (χ0) is 24.6. The molecule has 2 aromatic carbocycles. The van der Waals surface area contributed by atoms with Crippen LogP contribution in [0.5, 0.6) is 11.5 Å². The maximum Gasteiger partial charge on any atom is 0.311 e. The molecular weight excluding hydrogens is 457 g/mol. The second-order valence-electron chi connectivity index (χ2n) is 3.86. The third kappa shape index (κ3) is 7.24. The minimum atomic E-state index is -2.85. The van der Waals surface area contributed by atoms with Gasteiger partial charge in [-0.1, -0.05) is 22.6 Å². The molecular formula is C14H13F2IN2O6. The van der Waals surface area contributed by atoms with Crippen LogP contribution in [0.1, 0.15) is 8.22 Å². The molecule has 0 aliphatic rings. The Balaban J connectivity index is 0.000000492. The smallest absolute Gasteiger partial charge is 0.311 e. The largest absolute Gasteiger partial charge is 0.502 e. The quantitative estimate of drug-likeness (QED) is 0.307. The summed E-state index contributed by atoms with van der Waals surface area (Å²) in [4.78, 5) is 17.1. The number of phenolic OH excluding ortho intramolecular Hbond substituents is 1. The van der Waals surface area contributed by atoms with Crippen LogP contribution in [0.25, 0.3) is 0 Å². The number of halogens is 3. The minimum absolute atomic E-state index is 0.494. The first kappa shape index (κ1) is 13.7. The molecule has 2 rings (SSSR count). The maximum absolute atomic E-state index is 12.7. The van der Waals surface area contributed by atoms with Gasteiger partial charge >= 0.3 is 11.4 Å². The molecule has 2 aromatic rings. The van der Waals surface area contributed by atoms with E-state index in [0.29, 0.717) is 12.1 Å². The van der Waals surface area contributed by atoms with Gasteiger partial charge in [-0.25, -0.2) is 8.78 Å². The number of alkyl halides is 1. The van der Waals surface area contributed by atoms with Crippen LogP contribution in [0, 0.1) is 31.9 Å². The fraction of sp³-hybridized carbons (Fsp3) is 0.143. The number of ether oxygens (including phenoxy) is 1. The summed E-state index contributed by atoms with van der Waals surface area (Å²) in [6.07, 6.45) is 0. The Hall–Kier alpha value is -2.57. The number of benzene rings is 2. The van der Waals surface area contributed by atoms with Crippen molar-refractivity contribution >= 4 is 34.0 Å². The van der Waals surface area contributed by atoms with Gasteiger partial charge in [0.1, 0.15) is 11.6 Å². The molecule has 136 valence electrons. The van der Waals surface area contributed by atoms with Gasteiger partial charge in [0.2, 0.25) is 0 Å². The van der Waals surface area contributed by atoms with E-state index in [9.17, 15) is 29.0 Å². The van der Waals surface area contributed by atoms with Crippen LogP contribution >= 0.6 is 22.6 Å². The van der Waals surface area contributed by atoms with E-state index in [1.54, 1.807) is 0 Å². The fourth-order valence-corrected chi connectivity index (χ4v) is 1.37. The highest BCUT2D eigenvalue weighted by atomic mass is 127. The third-order valence-corrected chi connectivity index (χ3v) is 2.36. The topological polar surface area (TPSA) is 116 Å². The summed E-state index contributed by atoms with van der Waals surface area (Å²) >= 11 is 1.38. The van der Waals surface area contributed by atoms with E-state index < -0.39 is 56.3 Å². The van der Waals surface area contributed by atoms with Crippen molar-refractivity contribution in [3.63, 3.8) is 0 Å². The molecule has 0 amide bonds. The average molecular weight is 476 g/mol. The second-order valence-corrected chi connectivity index (χ2v) is 3.86. The Morgan fingerprint density at radius 1 is 1.08 bits per heavy atom. The van der Waals surface area contributed by atoms with Gasteiger partial charge in [-0.15, -0.1) is 0 Å². The van der Waals surface area contributed by atoms with Crippen molar-refractivity contribution in [2.75, 3.05) is 11.9 Å². The van der Waals surface area contributed by atoms with Gasteiger partial charge in [0.25, 0.3) is 0 Å². The molecule has 25 heavy (non-hydrogen) atoms. The van der Waals surface area contributed by atoms with Crippen molar-refractivity contribution in [2.45, 2.75) is 0 Å². The minimum Gasteiger partial charge on any atom is -0.502 e. The lowest BCUT2D eigenvalue weighted by atomic mass is 10.3. The van der Waals surface area contributed by atoms with Crippen molar-refractivity contribution in [2.24, 2.45) is 0 Å².